The number of benzene rings is 2. The minimum absolute atomic E-state index is 0.0619. The minimum atomic E-state index is -3.84. The maximum absolute atomic E-state index is 13.3. The van der Waals surface area contributed by atoms with E-state index in [1.807, 2.05) is 35.9 Å². The highest BCUT2D eigenvalue weighted by Gasteiger charge is 2.27. The number of halogens is 1. The number of carbonyl (C=O) groups excluding carboxylic acids is 1. The summed E-state index contributed by atoms with van der Waals surface area (Å²) in [5, 5.41) is 3.03. The summed E-state index contributed by atoms with van der Waals surface area (Å²) in [6, 6.07) is 11.0. The summed E-state index contributed by atoms with van der Waals surface area (Å²) in [5.74, 6) is 0.792. The molecule has 3 rings (SSSR count). The highest BCUT2D eigenvalue weighted by atomic mass is 35.5. The van der Waals surface area contributed by atoms with E-state index in [0.717, 1.165) is 5.56 Å². The van der Waals surface area contributed by atoms with Gasteiger partial charge in [-0.1, -0.05) is 37.6 Å². The van der Waals surface area contributed by atoms with Crippen LogP contribution in [0.2, 0.25) is 5.02 Å². The average molecular weight is 491 g/mol. The molecular formula is C23H27ClN4O4S. The highest BCUT2D eigenvalue weighted by molar-refractivity contribution is 7.89. The predicted molar refractivity (Wildman–Crippen MR) is 127 cm³/mol. The van der Waals surface area contributed by atoms with Gasteiger partial charge in [-0.15, -0.1) is 0 Å². The van der Waals surface area contributed by atoms with Crippen molar-refractivity contribution in [2.75, 3.05) is 20.2 Å². The Morgan fingerprint density at radius 2 is 1.94 bits per heavy atom. The van der Waals surface area contributed by atoms with Crippen LogP contribution in [0.25, 0.3) is 0 Å². The van der Waals surface area contributed by atoms with Crippen LogP contribution in [-0.2, 0) is 17.1 Å². The Labute approximate surface area is 199 Å². The third-order valence-electron chi connectivity index (χ3n) is 5.34. The van der Waals surface area contributed by atoms with E-state index in [9.17, 15) is 13.2 Å². The number of aromatic nitrogens is 2. The number of aryl methyl sites for hydroxylation is 1. The van der Waals surface area contributed by atoms with Crippen LogP contribution < -0.4 is 10.1 Å². The monoisotopic (exact) mass is 490 g/mol. The summed E-state index contributed by atoms with van der Waals surface area (Å²) in [5.41, 5.74) is 0.939. The summed E-state index contributed by atoms with van der Waals surface area (Å²) < 4.78 is 34.5. The fourth-order valence-electron chi connectivity index (χ4n) is 3.53. The molecule has 176 valence electrons. The van der Waals surface area contributed by atoms with Crippen molar-refractivity contribution in [3.8, 4) is 5.75 Å². The van der Waals surface area contributed by atoms with Crippen molar-refractivity contribution in [2.45, 2.75) is 24.8 Å². The van der Waals surface area contributed by atoms with Crippen LogP contribution in [0.4, 0.5) is 0 Å². The Morgan fingerprint density at radius 3 is 2.55 bits per heavy atom. The van der Waals surface area contributed by atoms with E-state index in [1.165, 1.54) is 22.5 Å². The second kappa shape index (κ2) is 10.4. The van der Waals surface area contributed by atoms with Crippen molar-refractivity contribution in [3.05, 3.63) is 76.8 Å². The van der Waals surface area contributed by atoms with Crippen LogP contribution in [0.1, 0.15) is 41.6 Å². The van der Waals surface area contributed by atoms with Crippen molar-refractivity contribution in [1.82, 2.24) is 19.2 Å². The third kappa shape index (κ3) is 5.21. The van der Waals surface area contributed by atoms with Crippen molar-refractivity contribution in [1.29, 1.82) is 0 Å². The van der Waals surface area contributed by atoms with Crippen LogP contribution in [0.15, 0.2) is 59.8 Å². The zero-order valence-corrected chi connectivity index (χ0v) is 20.5. The molecule has 1 heterocycles. The molecule has 0 saturated carbocycles. The van der Waals surface area contributed by atoms with E-state index >= 15 is 0 Å². The molecule has 1 N–H and O–H groups in total. The number of hydrogen-bond donors (Lipinski definition) is 1. The number of nitrogens with zero attached hydrogens (tertiary/aromatic N) is 3. The van der Waals surface area contributed by atoms with E-state index in [2.05, 4.69) is 10.3 Å². The number of sulfonamides is 1. The van der Waals surface area contributed by atoms with E-state index in [4.69, 9.17) is 16.3 Å². The largest absolute Gasteiger partial charge is 0.497 e. The lowest BCUT2D eigenvalue weighted by molar-refractivity contribution is 0.0941. The Bertz CT molecular complexity index is 1240. The Kier molecular flexibility index (Phi) is 7.78. The molecule has 1 unspecified atom stereocenters. The fraction of sp³-hybridized carbons (Fsp3) is 0.304. The van der Waals surface area contributed by atoms with Gasteiger partial charge in [0.2, 0.25) is 10.0 Å². The van der Waals surface area contributed by atoms with Gasteiger partial charge in [-0.25, -0.2) is 13.4 Å². The van der Waals surface area contributed by atoms with Crippen molar-refractivity contribution in [3.63, 3.8) is 0 Å². The molecule has 0 saturated heterocycles. The number of ether oxygens (including phenoxy) is 1. The number of amides is 1. The molecule has 33 heavy (non-hydrogen) atoms. The number of methoxy groups -OCH3 is 1. The molecule has 0 aliphatic carbocycles. The molecule has 0 fully saturated rings. The molecule has 1 aromatic heterocycles. The SMILES string of the molecule is CCN(CC)S(=O)(=O)c1cc(C(=O)NC(c2cccc(OC)c2)c2nccn2C)ccc1Cl. The molecule has 3 aromatic rings. The molecule has 1 amide bonds. The Balaban J connectivity index is 2.00. The summed E-state index contributed by atoms with van der Waals surface area (Å²) in [4.78, 5) is 17.6. The van der Waals surface area contributed by atoms with Crippen LogP contribution in [0.3, 0.4) is 0 Å². The van der Waals surface area contributed by atoms with Gasteiger partial charge >= 0.3 is 0 Å². The van der Waals surface area contributed by atoms with Gasteiger partial charge in [0.05, 0.1) is 12.1 Å². The zero-order chi connectivity index (χ0) is 24.2. The van der Waals surface area contributed by atoms with Gasteiger partial charge < -0.3 is 14.6 Å². The first-order chi connectivity index (χ1) is 15.7. The topological polar surface area (TPSA) is 93.5 Å². The summed E-state index contributed by atoms with van der Waals surface area (Å²) in [6.45, 7) is 4.08. The molecule has 0 aliphatic rings. The van der Waals surface area contributed by atoms with Gasteiger partial charge in [0, 0.05) is 38.1 Å². The lowest BCUT2D eigenvalue weighted by Crippen LogP contribution is -2.32. The van der Waals surface area contributed by atoms with Crippen molar-refractivity contribution >= 4 is 27.5 Å². The first kappa shape index (κ1) is 24.8. The summed E-state index contributed by atoms with van der Waals surface area (Å²) in [7, 11) is -0.439. The molecule has 1 atom stereocenters. The normalized spacial score (nSPS) is 12.5. The smallest absolute Gasteiger partial charge is 0.252 e. The molecule has 0 spiro atoms. The standard InChI is InChI=1S/C23H27ClN4O4S/c1-5-28(6-2)33(30,31)20-15-17(10-11-19(20)24)23(29)26-21(22-25-12-13-27(22)3)16-8-7-9-18(14-16)32-4/h7-15,21H,5-6H2,1-4H3,(H,26,29). The van der Waals surface area contributed by atoms with E-state index in [0.29, 0.717) is 24.7 Å². The van der Waals surface area contributed by atoms with Gasteiger partial charge in [0.15, 0.2) is 0 Å². The quantitative estimate of drug-likeness (QED) is 0.494. The Hall–Kier alpha value is -2.88. The van der Waals surface area contributed by atoms with Gasteiger partial charge in [-0.3, -0.25) is 4.79 Å². The van der Waals surface area contributed by atoms with Crippen LogP contribution in [0.5, 0.6) is 5.75 Å². The average Bonchev–Trinajstić information content (AvgIpc) is 3.23. The number of nitrogens with one attached hydrogen (secondary N) is 1. The molecule has 0 radical (unpaired) electrons. The molecule has 8 nitrogen and oxygen atoms in total. The van der Waals surface area contributed by atoms with Crippen LogP contribution in [-0.4, -0.2) is 48.4 Å². The fourth-order valence-corrected chi connectivity index (χ4v) is 5.49. The molecule has 0 bridgehead atoms. The lowest BCUT2D eigenvalue weighted by Gasteiger charge is -2.21. The number of rotatable bonds is 9. The molecule has 0 aliphatic heterocycles. The maximum atomic E-state index is 13.3. The van der Waals surface area contributed by atoms with Crippen molar-refractivity contribution in [2.24, 2.45) is 7.05 Å². The van der Waals surface area contributed by atoms with E-state index < -0.39 is 22.0 Å². The van der Waals surface area contributed by atoms with Crippen molar-refractivity contribution < 1.29 is 17.9 Å². The molecule has 10 heteroatoms. The number of hydrogen-bond acceptors (Lipinski definition) is 5. The second-order valence-corrected chi connectivity index (χ2v) is 9.63. The van der Waals surface area contributed by atoms with E-state index in [-0.39, 0.29) is 15.5 Å². The molecular weight excluding hydrogens is 464 g/mol. The zero-order valence-electron chi connectivity index (χ0n) is 18.9. The lowest BCUT2D eigenvalue weighted by atomic mass is 10.0. The number of carbonyl (C=O) groups is 1. The minimum Gasteiger partial charge on any atom is -0.497 e. The van der Waals surface area contributed by atoms with Gasteiger partial charge in [0.1, 0.15) is 22.5 Å². The second-order valence-electron chi connectivity index (χ2n) is 7.31. The van der Waals surface area contributed by atoms with Gasteiger partial charge in [0.25, 0.3) is 5.91 Å². The summed E-state index contributed by atoms with van der Waals surface area (Å²) >= 11 is 6.22. The number of imidazole rings is 1. The first-order valence-corrected chi connectivity index (χ1v) is 12.3. The van der Waals surface area contributed by atoms with Gasteiger partial charge in [-0.2, -0.15) is 4.31 Å². The highest BCUT2D eigenvalue weighted by Crippen LogP contribution is 2.28. The van der Waals surface area contributed by atoms with Crippen LogP contribution in [0, 0.1) is 0 Å². The molecule has 2 aromatic carbocycles. The maximum Gasteiger partial charge on any atom is 0.252 e. The van der Waals surface area contributed by atoms with Gasteiger partial charge in [-0.05, 0) is 35.9 Å². The Morgan fingerprint density at radius 1 is 1.21 bits per heavy atom. The predicted octanol–water partition coefficient (Wildman–Crippen LogP) is 3.63. The third-order valence-corrected chi connectivity index (χ3v) is 7.87. The van der Waals surface area contributed by atoms with Crippen LogP contribution >= 0.6 is 11.6 Å². The first-order valence-electron chi connectivity index (χ1n) is 10.4. The summed E-state index contributed by atoms with van der Waals surface area (Å²) in [6.07, 6.45) is 3.43. The van der Waals surface area contributed by atoms with E-state index in [1.54, 1.807) is 33.4 Å².